The molecule has 1 aromatic rings. The molecule has 1 atom stereocenters. The lowest BCUT2D eigenvalue weighted by Crippen LogP contribution is -2.07. The van der Waals surface area contributed by atoms with Gasteiger partial charge in [-0.3, -0.25) is 9.00 Å². The van der Waals surface area contributed by atoms with Gasteiger partial charge in [-0.05, 0) is 5.21 Å². The van der Waals surface area contributed by atoms with E-state index >= 15 is 0 Å². The zero-order valence-electron chi connectivity index (χ0n) is 7.58. The van der Waals surface area contributed by atoms with Crippen molar-refractivity contribution in [2.45, 2.75) is 12.2 Å². The summed E-state index contributed by atoms with van der Waals surface area (Å²) in [5.74, 6) is -0.309. The van der Waals surface area contributed by atoms with Gasteiger partial charge in [-0.15, -0.1) is 10.2 Å². The van der Waals surface area contributed by atoms with Gasteiger partial charge in [-0.2, -0.15) is 4.80 Å². The van der Waals surface area contributed by atoms with Gasteiger partial charge in [0.15, 0.2) is 5.82 Å². The Morgan fingerprint density at radius 3 is 2.86 bits per heavy atom. The van der Waals surface area contributed by atoms with Crippen LogP contribution in [0, 0.1) is 0 Å². The van der Waals surface area contributed by atoms with Gasteiger partial charge >= 0.3 is 5.97 Å². The van der Waals surface area contributed by atoms with Crippen molar-refractivity contribution in [1.29, 1.82) is 0 Å². The van der Waals surface area contributed by atoms with E-state index in [0.717, 1.165) is 0 Å². The first-order chi connectivity index (χ1) is 6.58. The number of tetrazole rings is 1. The summed E-state index contributed by atoms with van der Waals surface area (Å²) >= 11 is 0. The molecule has 0 fully saturated rings. The molecule has 0 saturated heterocycles. The largest absolute Gasteiger partial charge is 0.481 e. The van der Waals surface area contributed by atoms with Crippen LogP contribution in [0.2, 0.25) is 0 Å². The Morgan fingerprint density at radius 2 is 2.36 bits per heavy atom. The maximum atomic E-state index is 11.3. The molecule has 0 aromatic carbocycles. The molecule has 1 N–H and O–H groups in total. The zero-order valence-corrected chi connectivity index (χ0v) is 8.40. The Hall–Kier alpha value is -1.31. The molecule has 1 unspecified atom stereocenters. The third-order valence-electron chi connectivity index (χ3n) is 1.38. The molecule has 0 bridgehead atoms. The summed E-state index contributed by atoms with van der Waals surface area (Å²) in [4.78, 5) is 11.4. The normalized spacial score (nSPS) is 12.6. The first-order valence-electron chi connectivity index (χ1n) is 3.87. The van der Waals surface area contributed by atoms with E-state index in [1.807, 2.05) is 0 Å². The average molecular weight is 218 g/mol. The summed E-state index contributed by atoms with van der Waals surface area (Å²) in [6.45, 7) is 0. The predicted molar refractivity (Wildman–Crippen MR) is 47.8 cm³/mol. The summed E-state index contributed by atoms with van der Waals surface area (Å²) in [5.41, 5.74) is 0. The van der Waals surface area contributed by atoms with Gasteiger partial charge < -0.3 is 5.11 Å². The standard InChI is InChI=1S/C6H10N4O3S/c1-10-8-5(7-9-10)4-14(13)3-2-6(11)12/h2-4H2,1H3,(H,11,12). The van der Waals surface area contributed by atoms with Crippen LogP contribution in [0.25, 0.3) is 0 Å². The minimum atomic E-state index is -1.24. The van der Waals surface area contributed by atoms with E-state index < -0.39 is 16.8 Å². The molecule has 78 valence electrons. The third-order valence-corrected chi connectivity index (χ3v) is 2.62. The third kappa shape index (κ3) is 3.60. The molecule has 0 aliphatic heterocycles. The van der Waals surface area contributed by atoms with Crippen LogP contribution in [0.4, 0.5) is 0 Å². The van der Waals surface area contributed by atoms with Gasteiger partial charge in [-0.1, -0.05) is 0 Å². The van der Waals surface area contributed by atoms with Crippen molar-refractivity contribution in [3.63, 3.8) is 0 Å². The van der Waals surface area contributed by atoms with Gasteiger partial charge in [0.05, 0.1) is 19.2 Å². The highest BCUT2D eigenvalue weighted by molar-refractivity contribution is 7.84. The number of aliphatic carboxylic acids is 1. The number of nitrogens with zero attached hydrogens (tertiary/aromatic N) is 4. The highest BCUT2D eigenvalue weighted by Crippen LogP contribution is 1.96. The van der Waals surface area contributed by atoms with E-state index in [-0.39, 0.29) is 17.9 Å². The lowest BCUT2D eigenvalue weighted by molar-refractivity contribution is -0.136. The SMILES string of the molecule is Cn1nnc(CS(=O)CCC(=O)O)n1. The van der Waals surface area contributed by atoms with Crippen molar-refractivity contribution in [1.82, 2.24) is 20.2 Å². The summed E-state index contributed by atoms with van der Waals surface area (Å²) in [5, 5.41) is 19.4. The second-order valence-electron chi connectivity index (χ2n) is 2.63. The number of aryl methyl sites for hydroxylation is 1. The van der Waals surface area contributed by atoms with Crippen LogP contribution in [0.15, 0.2) is 0 Å². The highest BCUT2D eigenvalue weighted by Gasteiger charge is 2.08. The van der Waals surface area contributed by atoms with Crippen LogP contribution < -0.4 is 0 Å². The van der Waals surface area contributed by atoms with E-state index in [2.05, 4.69) is 15.4 Å². The molecule has 14 heavy (non-hydrogen) atoms. The Bertz CT molecular complexity index is 351. The van der Waals surface area contributed by atoms with Crippen molar-refractivity contribution in [3.8, 4) is 0 Å². The molecule has 0 aliphatic rings. The zero-order chi connectivity index (χ0) is 10.6. The highest BCUT2D eigenvalue weighted by atomic mass is 32.2. The molecule has 0 aliphatic carbocycles. The van der Waals surface area contributed by atoms with Crippen LogP contribution in [-0.4, -0.2) is 41.2 Å². The lowest BCUT2D eigenvalue weighted by Gasteiger charge is -1.94. The molecular weight excluding hydrogens is 208 g/mol. The fraction of sp³-hybridized carbons (Fsp3) is 0.667. The summed E-state index contributed by atoms with van der Waals surface area (Å²) in [6.07, 6.45) is -0.104. The summed E-state index contributed by atoms with van der Waals surface area (Å²) < 4.78 is 11.3. The summed E-state index contributed by atoms with van der Waals surface area (Å²) in [6, 6.07) is 0. The van der Waals surface area contributed by atoms with Gasteiger partial charge in [0, 0.05) is 16.6 Å². The fourth-order valence-corrected chi connectivity index (χ4v) is 1.75. The minimum Gasteiger partial charge on any atom is -0.481 e. The smallest absolute Gasteiger partial charge is 0.304 e. The Balaban J connectivity index is 2.37. The first-order valence-corrected chi connectivity index (χ1v) is 5.36. The summed E-state index contributed by atoms with van der Waals surface area (Å²) in [7, 11) is 0.370. The fourth-order valence-electron chi connectivity index (χ4n) is 0.798. The van der Waals surface area contributed by atoms with E-state index in [0.29, 0.717) is 5.82 Å². The number of carboxylic acids is 1. The number of hydrogen-bond donors (Lipinski definition) is 1. The van der Waals surface area contributed by atoms with Crippen LogP contribution in [0.5, 0.6) is 0 Å². The second-order valence-corrected chi connectivity index (χ2v) is 4.20. The molecule has 1 aromatic heterocycles. The quantitative estimate of drug-likeness (QED) is 0.676. The predicted octanol–water partition coefficient (Wildman–Crippen LogP) is -1.07. The molecule has 7 nitrogen and oxygen atoms in total. The van der Waals surface area contributed by atoms with Gasteiger partial charge in [0.25, 0.3) is 0 Å². The first kappa shape index (κ1) is 10.8. The van der Waals surface area contributed by atoms with Crippen molar-refractivity contribution >= 4 is 16.8 Å². The van der Waals surface area contributed by atoms with E-state index in [1.165, 1.54) is 4.80 Å². The van der Waals surface area contributed by atoms with Gasteiger partial charge in [-0.25, -0.2) is 0 Å². The molecule has 1 rings (SSSR count). The molecule has 0 amide bonds. The van der Waals surface area contributed by atoms with Gasteiger partial charge in [0.2, 0.25) is 0 Å². The van der Waals surface area contributed by atoms with Crippen molar-refractivity contribution in [2.24, 2.45) is 7.05 Å². The van der Waals surface area contributed by atoms with Crippen molar-refractivity contribution < 1.29 is 14.1 Å². The van der Waals surface area contributed by atoms with Crippen LogP contribution in [0.3, 0.4) is 0 Å². The van der Waals surface area contributed by atoms with Crippen molar-refractivity contribution in [3.05, 3.63) is 5.82 Å². The van der Waals surface area contributed by atoms with Crippen LogP contribution >= 0.6 is 0 Å². The Morgan fingerprint density at radius 1 is 1.64 bits per heavy atom. The number of hydrogen-bond acceptors (Lipinski definition) is 5. The monoisotopic (exact) mass is 218 g/mol. The molecular formula is C6H10N4O3S. The molecule has 0 spiro atoms. The molecule has 1 heterocycles. The molecule has 0 saturated carbocycles. The van der Waals surface area contributed by atoms with Crippen molar-refractivity contribution in [2.75, 3.05) is 5.75 Å². The number of rotatable bonds is 5. The number of aromatic nitrogens is 4. The number of carboxylic acid groups (broad SMARTS) is 1. The number of carbonyl (C=O) groups is 1. The maximum absolute atomic E-state index is 11.3. The van der Waals surface area contributed by atoms with Crippen LogP contribution in [0.1, 0.15) is 12.2 Å². The topological polar surface area (TPSA) is 98.0 Å². The molecule has 0 radical (unpaired) electrons. The molecule has 8 heteroatoms. The van der Waals surface area contributed by atoms with E-state index in [9.17, 15) is 9.00 Å². The van der Waals surface area contributed by atoms with E-state index in [1.54, 1.807) is 7.05 Å². The lowest BCUT2D eigenvalue weighted by atomic mass is 10.5. The Labute approximate surface area is 82.6 Å². The second kappa shape index (κ2) is 4.80. The van der Waals surface area contributed by atoms with Crippen LogP contribution in [-0.2, 0) is 28.4 Å². The van der Waals surface area contributed by atoms with E-state index in [4.69, 9.17) is 5.11 Å². The maximum Gasteiger partial charge on any atom is 0.304 e. The average Bonchev–Trinajstić information content (AvgIpc) is 2.48. The van der Waals surface area contributed by atoms with Gasteiger partial charge in [0.1, 0.15) is 0 Å². The Kier molecular flexibility index (Phi) is 3.69. The minimum absolute atomic E-state index is 0.104.